The summed E-state index contributed by atoms with van der Waals surface area (Å²) in [5.74, 6) is 0.591. The summed E-state index contributed by atoms with van der Waals surface area (Å²) in [6.07, 6.45) is 1.05. The monoisotopic (exact) mass is 349 g/mol. The van der Waals surface area contributed by atoms with Crippen LogP contribution in [0.3, 0.4) is 0 Å². The summed E-state index contributed by atoms with van der Waals surface area (Å²) in [4.78, 5) is 16.2. The van der Waals surface area contributed by atoms with E-state index in [1.54, 1.807) is 23.1 Å². The summed E-state index contributed by atoms with van der Waals surface area (Å²) in [6.45, 7) is 0. The van der Waals surface area contributed by atoms with E-state index >= 15 is 0 Å². The lowest BCUT2D eigenvalue weighted by Crippen LogP contribution is -2.03. The van der Waals surface area contributed by atoms with Crippen molar-refractivity contribution in [3.63, 3.8) is 0 Å². The highest BCUT2D eigenvalue weighted by molar-refractivity contribution is 8.01. The summed E-state index contributed by atoms with van der Waals surface area (Å²) in [5.41, 5.74) is 2.09. The van der Waals surface area contributed by atoms with Crippen molar-refractivity contribution in [3.8, 4) is 0 Å². The third-order valence-corrected chi connectivity index (χ3v) is 6.33. The zero-order chi connectivity index (χ0) is 16.4. The standard InChI is InChI=1S/C20H15NOS2/c22-12-17(16-10-9-14-5-1-2-6-15(14)11-16)13-23-20-21-18-7-3-4-8-19(18)24-20/h1-12,17H,13H2. The van der Waals surface area contributed by atoms with Gasteiger partial charge >= 0.3 is 0 Å². The number of benzene rings is 3. The maximum absolute atomic E-state index is 11.6. The molecule has 4 rings (SSSR count). The number of para-hydroxylation sites is 1. The Kier molecular flexibility index (Phi) is 4.32. The summed E-state index contributed by atoms with van der Waals surface area (Å²) in [6, 6.07) is 22.6. The number of thiazole rings is 1. The van der Waals surface area contributed by atoms with E-state index in [-0.39, 0.29) is 5.92 Å². The molecule has 118 valence electrons. The Balaban J connectivity index is 1.55. The molecule has 4 heteroatoms. The molecule has 0 aliphatic heterocycles. The number of aldehydes is 1. The molecule has 1 aromatic heterocycles. The number of carbonyl (C=O) groups is 1. The van der Waals surface area contributed by atoms with Crippen molar-refractivity contribution in [2.45, 2.75) is 10.3 Å². The average molecular weight is 349 g/mol. The number of hydrogen-bond donors (Lipinski definition) is 0. The molecule has 0 fully saturated rings. The van der Waals surface area contributed by atoms with Gasteiger partial charge in [0.05, 0.1) is 10.2 Å². The Morgan fingerprint density at radius 2 is 1.79 bits per heavy atom. The second kappa shape index (κ2) is 6.75. The summed E-state index contributed by atoms with van der Waals surface area (Å²) < 4.78 is 2.21. The largest absolute Gasteiger partial charge is 0.303 e. The Morgan fingerprint density at radius 1 is 1.00 bits per heavy atom. The van der Waals surface area contributed by atoms with Crippen molar-refractivity contribution >= 4 is 50.4 Å². The minimum absolute atomic E-state index is 0.119. The molecule has 24 heavy (non-hydrogen) atoms. The molecular weight excluding hydrogens is 334 g/mol. The first kappa shape index (κ1) is 15.4. The lowest BCUT2D eigenvalue weighted by Gasteiger charge is -2.10. The number of nitrogens with zero attached hydrogens (tertiary/aromatic N) is 1. The second-order valence-corrected chi connectivity index (χ2v) is 7.91. The number of fused-ring (bicyclic) bond motifs is 2. The van der Waals surface area contributed by atoms with Gasteiger partial charge in [-0.1, -0.05) is 66.4 Å². The molecule has 4 aromatic rings. The van der Waals surface area contributed by atoms with Crippen LogP contribution in [0.25, 0.3) is 21.0 Å². The van der Waals surface area contributed by atoms with E-state index in [4.69, 9.17) is 0 Å². The minimum atomic E-state index is -0.119. The quantitative estimate of drug-likeness (QED) is 0.351. The van der Waals surface area contributed by atoms with Gasteiger partial charge in [0.15, 0.2) is 4.34 Å². The summed E-state index contributed by atoms with van der Waals surface area (Å²) in [5, 5.41) is 2.37. The van der Waals surface area contributed by atoms with Crippen molar-refractivity contribution in [2.24, 2.45) is 0 Å². The van der Waals surface area contributed by atoms with Crippen LogP contribution in [0.4, 0.5) is 0 Å². The van der Waals surface area contributed by atoms with Crippen molar-refractivity contribution in [3.05, 3.63) is 72.3 Å². The molecule has 1 heterocycles. The van der Waals surface area contributed by atoms with Crippen LogP contribution in [-0.4, -0.2) is 17.0 Å². The molecule has 0 aliphatic carbocycles. The van der Waals surface area contributed by atoms with Gasteiger partial charge in [0.1, 0.15) is 6.29 Å². The molecule has 0 spiro atoms. The Bertz CT molecular complexity index is 976. The third-order valence-electron chi connectivity index (χ3n) is 4.03. The van der Waals surface area contributed by atoms with Crippen LogP contribution in [0.2, 0.25) is 0 Å². The van der Waals surface area contributed by atoms with E-state index < -0.39 is 0 Å². The number of hydrogen-bond acceptors (Lipinski definition) is 4. The molecule has 0 N–H and O–H groups in total. The minimum Gasteiger partial charge on any atom is -0.303 e. The third kappa shape index (κ3) is 3.07. The molecule has 0 radical (unpaired) electrons. The van der Waals surface area contributed by atoms with Gasteiger partial charge in [0, 0.05) is 11.7 Å². The Hall–Kier alpha value is -2.17. The van der Waals surface area contributed by atoms with Crippen LogP contribution in [0.15, 0.2) is 71.1 Å². The highest BCUT2D eigenvalue weighted by Crippen LogP contribution is 2.32. The topological polar surface area (TPSA) is 30.0 Å². The second-order valence-electron chi connectivity index (χ2n) is 5.61. The van der Waals surface area contributed by atoms with E-state index in [1.165, 1.54) is 15.5 Å². The summed E-state index contributed by atoms with van der Waals surface area (Å²) >= 11 is 3.34. The number of thioether (sulfide) groups is 1. The van der Waals surface area contributed by atoms with Gasteiger partial charge < -0.3 is 4.79 Å². The smallest absolute Gasteiger partial charge is 0.151 e. The van der Waals surface area contributed by atoms with E-state index in [0.717, 1.165) is 21.7 Å². The maximum atomic E-state index is 11.6. The Morgan fingerprint density at radius 3 is 2.62 bits per heavy atom. The van der Waals surface area contributed by atoms with Gasteiger partial charge in [-0.2, -0.15) is 0 Å². The molecule has 0 bridgehead atoms. The zero-order valence-corrected chi connectivity index (χ0v) is 14.5. The predicted octanol–water partition coefficient (Wildman–Crippen LogP) is 5.52. The zero-order valence-electron chi connectivity index (χ0n) is 12.9. The van der Waals surface area contributed by atoms with Crippen LogP contribution in [0.1, 0.15) is 11.5 Å². The SMILES string of the molecule is O=CC(CSc1nc2ccccc2s1)c1ccc2ccccc2c1. The molecule has 0 saturated heterocycles. The van der Waals surface area contributed by atoms with E-state index in [2.05, 4.69) is 41.4 Å². The predicted molar refractivity (Wildman–Crippen MR) is 103 cm³/mol. The molecule has 1 unspecified atom stereocenters. The van der Waals surface area contributed by atoms with Gasteiger partial charge in [-0.3, -0.25) is 0 Å². The number of rotatable bonds is 5. The molecule has 0 aliphatic rings. The fourth-order valence-corrected chi connectivity index (χ4v) is 4.89. The Labute approximate surface area is 148 Å². The van der Waals surface area contributed by atoms with Gasteiger partial charge in [-0.15, -0.1) is 11.3 Å². The first-order valence-corrected chi connectivity index (χ1v) is 9.56. The van der Waals surface area contributed by atoms with Crippen molar-refractivity contribution in [1.82, 2.24) is 4.98 Å². The van der Waals surface area contributed by atoms with Crippen LogP contribution in [-0.2, 0) is 4.79 Å². The lowest BCUT2D eigenvalue weighted by molar-refractivity contribution is -0.108. The van der Waals surface area contributed by atoms with Gasteiger partial charge in [-0.25, -0.2) is 4.98 Å². The van der Waals surface area contributed by atoms with Crippen LogP contribution < -0.4 is 0 Å². The van der Waals surface area contributed by atoms with Gasteiger partial charge in [0.25, 0.3) is 0 Å². The van der Waals surface area contributed by atoms with E-state index in [1.807, 2.05) is 30.3 Å². The highest BCUT2D eigenvalue weighted by atomic mass is 32.2. The molecule has 0 amide bonds. The molecule has 3 aromatic carbocycles. The van der Waals surface area contributed by atoms with E-state index in [0.29, 0.717) is 5.75 Å². The number of aromatic nitrogens is 1. The van der Waals surface area contributed by atoms with Crippen LogP contribution in [0.5, 0.6) is 0 Å². The van der Waals surface area contributed by atoms with Gasteiger partial charge in [0.2, 0.25) is 0 Å². The van der Waals surface area contributed by atoms with Crippen molar-refractivity contribution in [1.29, 1.82) is 0 Å². The number of carbonyl (C=O) groups excluding carboxylic acids is 1. The average Bonchev–Trinajstić information content (AvgIpc) is 3.05. The normalized spacial score (nSPS) is 12.5. The molecule has 2 nitrogen and oxygen atoms in total. The van der Waals surface area contributed by atoms with Crippen LogP contribution in [0, 0.1) is 0 Å². The molecular formula is C20H15NOS2. The van der Waals surface area contributed by atoms with Crippen LogP contribution >= 0.6 is 23.1 Å². The van der Waals surface area contributed by atoms with Gasteiger partial charge in [-0.05, 0) is 28.5 Å². The van der Waals surface area contributed by atoms with Crippen molar-refractivity contribution in [2.75, 3.05) is 5.75 Å². The lowest BCUT2D eigenvalue weighted by atomic mass is 9.99. The van der Waals surface area contributed by atoms with Crippen molar-refractivity contribution < 1.29 is 4.79 Å². The fraction of sp³-hybridized carbons (Fsp3) is 0.100. The highest BCUT2D eigenvalue weighted by Gasteiger charge is 2.13. The first-order valence-electron chi connectivity index (χ1n) is 7.76. The van der Waals surface area contributed by atoms with E-state index in [9.17, 15) is 4.79 Å². The maximum Gasteiger partial charge on any atom is 0.151 e. The first-order chi connectivity index (χ1) is 11.8. The molecule has 0 saturated carbocycles. The molecule has 1 atom stereocenters. The fourth-order valence-electron chi connectivity index (χ4n) is 2.73. The summed E-state index contributed by atoms with van der Waals surface area (Å²) in [7, 11) is 0.